The number of nitrogens with zero attached hydrogens (tertiary/aromatic N) is 6. The predicted octanol–water partition coefficient (Wildman–Crippen LogP) is 2.67. The highest BCUT2D eigenvalue weighted by Gasteiger charge is 2.20. The van der Waals surface area contributed by atoms with Gasteiger partial charge >= 0.3 is 0 Å². The second-order valence-corrected chi connectivity index (χ2v) is 8.65. The molecule has 2 N–H and O–H groups in total. The molecule has 164 valence electrons. The smallest absolute Gasteiger partial charge is 0.191 e. The van der Waals surface area contributed by atoms with Crippen molar-refractivity contribution >= 4 is 63.7 Å². The lowest BCUT2D eigenvalue weighted by atomic mass is 10.2. The molecular weight excluding hydrogens is 533 g/mol. The van der Waals surface area contributed by atoms with Gasteiger partial charge in [-0.1, -0.05) is 17.7 Å². The molecule has 1 aromatic heterocycles. The molecule has 2 fully saturated rings. The molecule has 0 radical (unpaired) electrons. The molecule has 4 rings (SSSR count). The molecule has 0 saturated carbocycles. The van der Waals surface area contributed by atoms with Crippen molar-refractivity contribution in [3.05, 3.63) is 40.9 Å². The quantitative estimate of drug-likeness (QED) is 0.344. The summed E-state index contributed by atoms with van der Waals surface area (Å²) in [6, 6.07) is 8.10. The number of guanidine groups is 1. The van der Waals surface area contributed by atoms with E-state index in [-0.39, 0.29) is 24.0 Å². The number of aromatic nitrogens is 1. The maximum atomic E-state index is 6.25. The molecule has 0 aliphatic carbocycles. The van der Waals surface area contributed by atoms with E-state index in [1.54, 1.807) is 11.3 Å². The first-order chi connectivity index (χ1) is 14.2. The minimum Gasteiger partial charge on any atom is -0.370 e. The van der Waals surface area contributed by atoms with Crippen molar-refractivity contribution in [2.75, 3.05) is 75.2 Å². The number of aliphatic imine (C=N–C) groups is 1. The van der Waals surface area contributed by atoms with Gasteiger partial charge in [0.1, 0.15) is 0 Å². The second kappa shape index (κ2) is 11.4. The van der Waals surface area contributed by atoms with Crippen LogP contribution in [0.4, 0.5) is 10.8 Å². The molecule has 1 aromatic carbocycles. The monoisotopic (exact) mass is 561 g/mol. The van der Waals surface area contributed by atoms with Gasteiger partial charge in [-0.2, -0.15) is 0 Å². The zero-order valence-corrected chi connectivity index (χ0v) is 20.9. The number of hydrogen-bond donors (Lipinski definition) is 1. The Balaban J connectivity index is 0.00000256. The molecule has 2 aliphatic heterocycles. The largest absolute Gasteiger partial charge is 0.370 e. The minimum absolute atomic E-state index is 0. The minimum atomic E-state index is 0. The van der Waals surface area contributed by atoms with Crippen LogP contribution in [0.5, 0.6) is 0 Å². The molecule has 30 heavy (non-hydrogen) atoms. The van der Waals surface area contributed by atoms with Crippen LogP contribution in [0.25, 0.3) is 0 Å². The fourth-order valence-corrected chi connectivity index (χ4v) is 4.69. The summed E-state index contributed by atoms with van der Waals surface area (Å²) in [7, 11) is 0. The lowest BCUT2D eigenvalue weighted by Crippen LogP contribution is -2.51. The Morgan fingerprint density at radius 3 is 2.47 bits per heavy atom. The van der Waals surface area contributed by atoms with Crippen LogP contribution in [0.2, 0.25) is 5.02 Å². The molecule has 2 aliphatic rings. The van der Waals surface area contributed by atoms with Crippen molar-refractivity contribution in [1.82, 2.24) is 14.8 Å². The van der Waals surface area contributed by atoms with E-state index in [4.69, 9.17) is 17.3 Å². The lowest BCUT2D eigenvalue weighted by molar-refractivity contribution is 0.264. The summed E-state index contributed by atoms with van der Waals surface area (Å²) in [6.07, 6.45) is 1.86. The first-order valence-corrected chi connectivity index (χ1v) is 11.4. The molecule has 7 nitrogen and oxygen atoms in total. The van der Waals surface area contributed by atoms with Crippen LogP contribution in [0.15, 0.2) is 40.8 Å². The topological polar surface area (TPSA) is 64.2 Å². The van der Waals surface area contributed by atoms with Crippen molar-refractivity contribution in [3.8, 4) is 0 Å². The second-order valence-electron chi connectivity index (χ2n) is 7.34. The molecule has 3 heterocycles. The van der Waals surface area contributed by atoms with Crippen LogP contribution in [0, 0.1) is 0 Å². The number of nitrogens with two attached hydrogens (primary N) is 1. The van der Waals surface area contributed by atoms with E-state index in [1.165, 1.54) is 5.69 Å². The fourth-order valence-electron chi connectivity index (χ4n) is 3.81. The maximum Gasteiger partial charge on any atom is 0.191 e. The third-order valence-corrected chi connectivity index (χ3v) is 6.60. The summed E-state index contributed by atoms with van der Waals surface area (Å²) in [5.74, 6) is 0.668. The third-order valence-electron chi connectivity index (χ3n) is 5.53. The Bertz CT molecular complexity index is 803. The zero-order chi connectivity index (χ0) is 20.1. The number of halogens is 2. The Labute approximate surface area is 204 Å². The highest BCUT2D eigenvalue weighted by atomic mass is 127. The van der Waals surface area contributed by atoms with E-state index in [1.807, 2.05) is 29.8 Å². The number of thiazole rings is 1. The molecule has 2 aromatic rings. The molecule has 10 heteroatoms. The number of hydrogen-bond acceptors (Lipinski definition) is 6. The van der Waals surface area contributed by atoms with Gasteiger partial charge in [-0.3, -0.25) is 9.89 Å². The van der Waals surface area contributed by atoms with Crippen LogP contribution in [0.3, 0.4) is 0 Å². The van der Waals surface area contributed by atoms with Crippen LogP contribution in [-0.4, -0.2) is 86.2 Å². The summed E-state index contributed by atoms with van der Waals surface area (Å²) >= 11 is 7.80. The van der Waals surface area contributed by atoms with E-state index in [9.17, 15) is 0 Å². The van der Waals surface area contributed by atoms with Gasteiger partial charge in [0.2, 0.25) is 0 Å². The Morgan fingerprint density at radius 2 is 1.80 bits per heavy atom. The molecule has 2 saturated heterocycles. The van der Waals surface area contributed by atoms with E-state index >= 15 is 0 Å². The number of piperazine rings is 2. The summed E-state index contributed by atoms with van der Waals surface area (Å²) < 4.78 is 0. The molecule has 0 atom stereocenters. The van der Waals surface area contributed by atoms with E-state index in [2.05, 4.69) is 35.6 Å². The average Bonchev–Trinajstić information content (AvgIpc) is 3.29. The standard InChI is InChI=1S/C20H28ClN7S.HI/c21-17-2-1-3-18(16-17)26-9-7-25(8-10-26)6-4-23-19(22)27-11-13-28(14-12-27)20-24-5-15-29-20;/h1-3,5,15-16H,4,6-14H2,(H2,22,23);1H. The first-order valence-electron chi connectivity index (χ1n) is 10.1. The first kappa shape index (κ1) is 23.4. The SMILES string of the molecule is I.NC(=NCCN1CCN(c2cccc(Cl)c2)CC1)N1CCN(c2nccs2)CC1. The normalized spacial score (nSPS) is 18.4. The van der Waals surface area contributed by atoms with Crippen LogP contribution < -0.4 is 15.5 Å². The Kier molecular flexibility index (Phi) is 8.84. The van der Waals surface area contributed by atoms with E-state index in [0.717, 1.165) is 75.6 Å². The van der Waals surface area contributed by atoms with Gasteiger partial charge in [-0.25, -0.2) is 4.98 Å². The highest BCUT2D eigenvalue weighted by Crippen LogP contribution is 2.21. The average molecular weight is 562 g/mol. The highest BCUT2D eigenvalue weighted by molar-refractivity contribution is 14.0. The Morgan fingerprint density at radius 1 is 1.07 bits per heavy atom. The van der Waals surface area contributed by atoms with E-state index in [0.29, 0.717) is 5.96 Å². The van der Waals surface area contributed by atoms with Gasteiger partial charge in [0, 0.05) is 81.2 Å². The summed E-state index contributed by atoms with van der Waals surface area (Å²) in [5.41, 5.74) is 7.45. The third kappa shape index (κ3) is 6.12. The maximum absolute atomic E-state index is 6.25. The molecular formula is C20H29ClIN7S. The number of anilines is 2. The van der Waals surface area contributed by atoms with Gasteiger partial charge in [-0.15, -0.1) is 35.3 Å². The van der Waals surface area contributed by atoms with Gasteiger partial charge in [0.15, 0.2) is 11.1 Å². The van der Waals surface area contributed by atoms with Gasteiger partial charge < -0.3 is 20.4 Å². The van der Waals surface area contributed by atoms with Gasteiger partial charge in [0.05, 0.1) is 6.54 Å². The lowest BCUT2D eigenvalue weighted by Gasteiger charge is -2.36. The molecule has 0 bridgehead atoms. The van der Waals surface area contributed by atoms with Crippen molar-refractivity contribution in [3.63, 3.8) is 0 Å². The molecule has 0 spiro atoms. The summed E-state index contributed by atoms with van der Waals surface area (Å²) in [5, 5.41) is 3.91. The number of benzene rings is 1. The van der Waals surface area contributed by atoms with Crippen molar-refractivity contribution < 1.29 is 0 Å². The van der Waals surface area contributed by atoms with Crippen molar-refractivity contribution in [2.24, 2.45) is 10.7 Å². The molecule has 0 unspecified atom stereocenters. The Hall–Kier alpha value is -1.30. The molecule has 0 amide bonds. The van der Waals surface area contributed by atoms with Gasteiger partial charge in [0.25, 0.3) is 0 Å². The van der Waals surface area contributed by atoms with Crippen molar-refractivity contribution in [2.45, 2.75) is 0 Å². The van der Waals surface area contributed by atoms with Gasteiger partial charge in [-0.05, 0) is 18.2 Å². The van der Waals surface area contributed by atoms with Crippen LogP contribution in [0.1, 0.15) is 0 Å². The van der Waals surface area contributed by atoms with E-state index < -0.39 is 0 Å². The summed E-state index contributed by atoms with van der Waals surface area (Å²) in [6.45, 7) is 9.46. The van der Waals surface area contributed by atoms with Crippen molar-refractivity contribution in [1.29, 1.82) is 0 Å². The zero-order valence-electron chi connectivity index (χ0n) is 17.0. The van der Waals surface area contributed by atoms with Crippen LogP contribution in [-0.2, 0) is 0 Å². The van der Waals surface area contributed by atoms with Crippen LogP contribution >= 0.6 is 46.9 Å². The summed E-state index contributed by atoms with van der Waals surface area (Å²) in [4.78, 5) is 18.4. The predicted molar refractivity (Wildman–Crippen MR) is 138 cm³/mol. The number of rotatable bonds is 5. The fraction of sp³-hybridized carbons (Fsp3) is 0.500.